The highest BCUT2D eigenvalue weighted by Gasteiger charge is 2.26. The molecular formula is C19H30F3IN4. The monoisotopic (exact) mass is 498 g/mol. The van der Waals surface area contributed by atoms with Crippen molar-refractivity contribution in [3.63, 3.8) is 0 Å². The molecule has 0 saturated carbocycles. The number of halogens is 4. The van der Waals surface area contributed by atoms with Gasteiger partial charge >= 0.3 is 6.18 Å². The fourth-order valence-corrected chi connectivity index (χ4v) is 3.26. The summed E-state index contributed by atoms with van der Waals surface area (Å²) in [5.41, 5.74) is 1.27. The van der Waals surface area contributed by atoms with Crippen LogP contribution in [0.1, 0.15) is 43.7 Å². The number of guanidine groups is 1. The van der Waals surface area contributed by atoms with Gasteiger partial charge in [0, 0.05) is 26.6 Å². The van der Waals surface area contributed by atoms with Gasteiger partial charge < -0.3 is 10.6 Å². The summed E-state index contributed by atoms with van der Waals surface area (Å²) in [5.74, 6) is 0.636. The predicted molar refractivity (Wildman–Crippen MR) is 115 cm³/mol. The summed E-state index contributed by atoms with van der Waals surface area (Å²) in [6.45, 7) is 3.37. The molecule has 154 valence electrons. The molecule has 2 rings (SSSR count). The van der Waals surface area contributed by atoms with Crippen LogP contribution < -0.4 is 10.6 Å². The first-order chi connectivity index (χ1) is 12.5. The second-order valence-electron chi connectivity index (χ2n) is 6.62. The molecule has 1 aromatic carbocycles. The molecule has 1 unspecified atom stereocenters. The molecule has 0 aromatic heterocycles. The Morgan fingerprint density at radius 3 is 2.37 bits per heavy atom. The predicted octanol–water partition coefficient (Wildman–Crippen LogP) is 4.34. The molecule has 1 aliphatic heterocycles. The summed E-state index contributed by atoms with van der Waals surface area (Å²) >= 11 is 0. The molecule has 4 nitrogen and oxygen atoms in total. The van der Waals surface area contributed by atoms with Gasteiger partial charge in [-0.3, -0.25) is 9.89 Å². The van der Waals surface area contributed by atoms with Gasteiger partial charge in [0.1, 0.15) is 0 Å². The molecule has 1 atom stereocenters. The van der Waals surface area contributed by atoms with Gasteiger partial charge in [0.05, 0.1) is 6.04 Å². The number of aliphatic imine (C=N–C) groups is 1. The number of likely N-dealkylation sites (tertiary alicyclic amines) is 1. The average molecular weight is 498 g/mol. The fraction of sp³-hybridized carbons (Fsp3) is 0.632. The van der Waals surface area contributed by atoms with Crippen LogP contribution in [-0.2, 0) is 0 Å². The summed E-state index contributed by atoms with van der Waals surface area (Å²) in [7, 11) is 1.68. The number of nitrogens with zero attached hydrogens (tertiary/aromatic N) is 2. The SMILES string of the molecule is CN=C(NCCCCC(F)(F)F)NCC(c1ccccc1)N1CCCC1.I. The molecule has 1 aromatic rings. The van der Waals surface area contributed by atoms with Crippen LogP contribution in [0.4, 0.5) is 13.2 Å². The highest BCUT2D eigenvalue weighted by Crippen LogP contribution is 2.24. The van der Waals surface area contributed by atoms with Crippen molar-refractivity contribution in [2.45, 2.75) is 44.3 Å². The fourth-order valence-electron chi connectivity index (χ4n) is 3.26. The molecule has 0 radical (unpaired) electrons. The van der Waals surface area contributed by atoms with Crippen LogP contribution in [0.25, 0.3) is 0 Å². The third-order valence-electron chi connectivity index (χ3n) is 4.63. The van der Waals surface area contributed by atoms with Gasteiger partial charge in [-0.25, -0.2) is 0 Å². The molecular weight excluding hydrogens is 468 g/mol. The average Bonchev–Trinajstić information content (AvgIpc) is 3.14. The van der Waals surface area contributed by atoms with Crippen LogP contribution in [0.5, 0.6) is 0 Å². The minimum Gasteiger partial charge on any atom is -0.356 e. The Hall–Kier alpha value is -1.03. The van der Waals surface area contributed by atoms with Crippen molar-refractivity contribution in [3.8, 4) is 0 Å². The van der Waals surface area contributed by atoms with E-state index >= 15 is 0 Å². The van der Waals surface area contributed by atoms with E-state index in [1.165, 1.54) is 18.4 Å². The Morgan fingerprint density at radius 2 is 1.78 bits per heavy atom. The molecule has 1 aliphatic rings. The van der Waals surface area contributed by atoms with E-state index in [1.54, 1.807) is 7.05 Å². The topological polar surface area (TPSA) is 39.7 Å². The van der Waals surface area contributed by atoms with Gasteiger partial charge in [-0.15, -0.1) is 24.0 Å². The number of nitrogens with one attached hydrogen (secondary N) is 2. The van der Waals surface area contributed by atoms with E-state index in [0.29, 0.717) is 25.5 Å². The van der Waals surface area contributed by atoms with E-state index in [0.717, 1.165) is 13.1 Å². The maximum Gasteiger partial charge on any atom is 0.389 e. The van der Waals surface area contributed by atoms with Crippen LogP contribution in [0.3, 0.4) is 0 Å². The van der Waals surface area contributed by atoms with E-state index in [-0.39, 0.29) is 36.4 Å². The van der Waals surface area contributed by atoms with Gasteiger partial charge in [0.15, 0.2) is 5.96 Å². The van der Waals surface area contributed by atoms with Gasteiger partial charge in [-0.2, -0.15) is 13.2 Å². The van der Waals surface area contributed by atoms with Crippen molar-refractivity contribution >= 4 is 29.9 Å². The molecule has 0 aliphatic carbocycles. The molecule has 0 amide bonds. The summed E-state index contributed by atoms with van der Waals surface area (Å²) in [6.07, 6.45) is -1.77. The molecule has 0 bridgehead atoms. The van der Waals surface area contributed by atoms with Crippen LogP contribution >= 0.6 is 24.0 Å². The number of hydrogen-bond donors (Lipinski definition) is 2. The molecule has 0 spiro atoms. The Labute approximate surface area is 177 Å². The molecule has 8 heteroatoms. The van der Waals surface area contributed by atoms with Crippen molar-refractivity contribution < 1.29 is 13.2 Å². The maximum absolute atomic E-state index is 12.2. The lowest BCUT2D eigenvalue weighted by molar-refractivity contribution is -0.135. The van der Waals surface area contributed by atoms with Gasteiger partial charge in [-0.1, -0.05) is 30.3 Å². The molecule has 1 saturated heterocycles. The number of alkyl halides is 3. The number of hydrogen-bond acceptors (Lipinski definition) is 2. The number of rotatable bonds is 8. The van der Waals surface area contributed by atoms with Crippen LogP contribution in [0, 0.1) is 0 Å². The normalized spacial score (nSPS) is 16.7. The van der Waals surface area contributed by atoms with E-state index in [2.05, 4.69) is 32.7 Å². The lowest BCUT2D eigenvalue weighted by atomic mass is 10.1. The zero-order valence-electron chi connectivity index (χ0n) is 15.8. The van der Waals surface area contributed by atoms with E-state index in [1.807, 2.05) is 18.2 Å². The van der Waals surface area contributed by atoms with Gasteiger partial charge in [0.2, 0.25) is 0 Å². The highest BCUT2D eigenvalue weighted by atomic mass is 127. The van der Waals surface area contributed by atoms with Crippen LogP contribution in [0.2, 0.25) is 0 Å². The first-order valence-electron chi connectivity index (χ1n) is 9.30. The van der Waals surface area contributed by atoms with E-state index in [9.17, 15) is 13.2 Å². The Kier molecular flexibility index (Phi) is 11.1. The lowest BCUT2D eigenvalue weighted by Crippen LogP contribution is -2.43. The van der Waals surface area contributed by atoms with E-state index in [4.69, 9.17) is 0 Å². The van der Waals surface area contributed by atoms with E-state index < -0.39 is 12.6 Å². The minimum atomic E-state index is -4.07. The summed E-state index contributed by atoms with van der Waals surface area (Å²) < 4.78 is 36.5. The summed E-state index contributed by atoms with van der Waals surface area (Å²) in [5, 5.41) is 6.43. The largest absolute Gasteiger partial charge is 0.389 e. The highest BCUT2D eigenvalue weighted by molar-refractivity contribution is 14.0. The Bertz CT molecular complexity index is 546. The Morgan fingerprint density at radius 1 is 1.11 bits per heavy atom. The zero-order chi connectivity index (χ0) is 18.8. The second kappa shape index (κ2) is 12.4. The van der Waals surface area contributed by atoms with Gasteiger partial charge in [0.25, 0.3) is 0 Å². The van der Waals surface area contributed by atoms with Crippen molar-refractivity contribution in [1.82, 2.24) is 15.5 Å². The minimum absolute atomic E-state index is 0. The molecule has 1 fully saturated rings. The molecule has 2 N–H and O–H groups in total. The standard InChI is InChI=1S/C19H29F3N4.HI/c1-23-18(24-12-6-5-11-19(20,21)22)25-15-17(26-13-7-8-14-26)16-9-3-2-4-10-16;/h2-4,9-10,17H,5-8,11-15H2,1H3,(H2,23,24,25);1H. The van der Waals surface area contributed by atoms with Crippen LogP contribution in [0.15, 0.2) is 35.3 Å². The second-order valence-corrected chi connectivity index (χ2v) is 6.62. The van der Waals surface area contributed by atoms with Crippen molar-refractivity contribution in [3.05, 3.63) is 35.9 Å². The first-order valence-corrected chi connectivity index (χ1v) is 9.30. The smallest absolute Gasteiger partial charge is 0.356 e. The zero-order valence-corrected chi connectivity index (χ0v) is 18.1. The number of unbranched alkanes of at least 4 members (excludes halogenated alkanes) is 1. The Balaban J connectivity index is 0.00000364. The number of benzene rings is 1. The van der Waals surface area contributed by atoms with Crippen molar-refractivity contribution in [2.75, 3.05) is 33.2 Å². The third-order valence-corrected chi connectivity index (χ3v) is 4.63. The summed E-state index contributed by atoms with van der Waals surface area (Å²) in [6, 6.07) is 10.6. The lowest BCUT2D eigenvalue weighted by Gasteiger charge is -2.29. The third kappa shape index (κ3) is 9.14. The first kappa shape index (κ1) is 24.0. The molecule has 27 heavy (non-hydrogen) atoms. The van der Waals surface area contributed by atoms with Crippen molar-refractivity contribution in [2.24, 2.45) is 4.99 Å². The maximum atomic E-state index is 12.2. The summed E-state index contributed by atoms with van der Waals surface area (Å²) in [4.78, 5) is 6.65. The van der Waals surface area contributed by atoms with Crippen LogP contribution in [-0.4, -0.2) is 50.3 Å². The van der Waals surface area contributed by atoms with Gasteiger partial charge in [-0.05, 0) is 44.3 Å². The molecule has 1 heterocycles. The van der Waals surface area contributed by atoms with Crippen molar-refractivity contribution in [1.29, 1.82) is 0 Å². The quantitative estimate of drug-likeness (QED) is 0.243.